The second-order valence-electron chi connectivity index (χ2n) is 5.46. The molecule has 23 heavy (non-hydrogen) atoms. The van der Waals surface area contributed by atoms with Gasteiger partial charge in [0.2, 0.25) is 0 Å². The van der Waals surface area contributed by atoms with Gasteiger partial charge in [-0.3, -0.25) is 4.57 Å². The van der Waals surface area contributed by atoms with Crippen LogP contribution >= 0.6 is 0 Å². The number of aromatic nitrogens is 4. The number of aliphatic hydroxyl groups is 3. The Morgan fingerprint density at radius 3 is 2.74 bits per heavy atom. The van der Waals surface area contributed by atoms with Crippen molar-refractivity contribution in [3.63, 3.8) is 0 Å². The normalized spacial score (nSPS) is 28.0. The molecule has 2 aromatic rings. The summed E-state index contributed by atoms with van der Waals surface area (Å²) in [5.41, 5.74) is 0.865. The highest BCUT2D eigenvalue weighted by Gasteiger charge is 2.43. The number of nitrogens with zero attached hydrogens (tertiary/aromatic N) is 6. The van der Waals surface area contributed by atoms with E-state index in [-0.39, 0.29) is 0 Å². The molecule has 3 rings (SSSR count). The molecule has 2 aromatic heterocycles. The van der Waals surface area contributed by atoms with Crippen molar-refractivity contribution in [1.82, 2.24) is 24.4 Å². The van der Waals surface area contributed by atoms with Crippen LogP contribution in [0.3, 0.4) is 0 Å². The maximum Gasteiger partial charge on any atom is 0.184 e. The maximum absolute atomic E-state index is 10.1. The van der Waals surface area contributed by atoms with Crippen LogP contribution in [-0.2, 0) is 4.74 Å². The molecule has 0 aromatic carbocycles. The zero-order valence-corrected chi connectivity index (χ0v) is 12.7. The van der Waals surface area contributed by atoms with Gasteiger partial charge in [-0.1, -0.05) is 0 Å². The molecule has 1 aliphatic rings. The highest BCUT2D eigenvalue weighted by molar-refractivity contribution is 5.82. The van der Waals surface area contributed by atoms with Crippen molar-refractivity contribution in [3.8, 4) is 0 Å². The predicted molar refractivity (Wildman–Crippen MR) is 80.2 cm³/mol. The fourth-order valence-corrected chi connectivity index (χ4v) is 2.40. The van der Waals surface area contributed by atoms with Crippen LogP contribution < -0.4 is 0 Å². The van der Waals surface area contributed by atoms with Gasteiger partial charge in [-0.15, -0.1) is 0 Å². The Morgan fingerprint density at radius 1 is 1.30 bits per heavy atom. The third kappa shape index (κ3) is 2.77. The lowest BCUT2D eigenvalue weighted by atomic mass is 10.1. The lowest BCUT2D eigenvalue weighted by Gasteiger charge is -2.16. The third-order valence-electron chi connectivity index (χ3n) is 3.54. The number of rotatable bonds is 4. The average Bonchev–Trinajstić information content (AvgIpc) is 3.08. The van der Waals surface area contributed by atoms with Crippen molar-refractivity contribution < 1.29 is 20.1 Å². The van der Waals surface area contributed by atoms with E-state index in [1.807, 2.05) is 14.1 Å². The molecule has 0 bridgehead atoms. The number of aliphatic hydroxyl groups excluding tert-OH is 3. The van der Waals surface area contributed by atoms with E-state index in [1.54, 1.807) is 11.2 Å². The lowest BCUT2D eigenvalue weighted by molar-refractivity contribution is -0.0511. The van der Waals surface area contributed by atoms with E-state index in [9.17, 15) is 15.3 Å². The molecule has 1 fully saturated rings. The molecule has 10 nitrogen and oxygen atoms in total. The molecule has 0 unspecified atom stereocenters. The summed E-state index contributed by atoms with van der Waals surface area (Å²) in [5, 5.41) is 29.2. The molecule has 0 spiro atoms. The van der Waals surface area contributed by atoms with Gasteiger partial charge in [0.25, 0.3) is 0 Å². The summed E-state index contributed by atoms with van der Waals surface area (Å²) < 4.78 is 6.99. The van der Waals surface area contributed by atoms with Crippen molar-refractivity contribution in [2.45, 2.75) is 24.5 Å². The molecule has 1 saturated heterocycles. The molecule has 0 radical (unpaired) electrons. The number of aliphatic imine (C=N–C) groups is 1. The monoisotopic (exact) mass is 322 g/mol. The zero-order chi connectivity index (χ0) is 16.6. The van der Waals surface area contributed by atoms with Crippen LogP contribution in [0.5, 0.6) is 0 Å². The van der Waals surface area contributed by atoms with Crippen LogP contribution in [-0.4, -0.2) is 85.1 Å². The van der Waals surface area contributed by atoms with Crippen molar-refractivity contribution >= 4 is 23.3 Å². The quantitative estimate of drug-likeness (QED) is 0.466. The second-order valence-corrected chi connectivity index (χ2v) is 5.46. The zero-order valence-electron chi connectivity index (χ0n) is 12.7. The SMILES string of the molecule is CN(C)C=Nc1ncnc2c1ncn2[C@@H]1O[C@@H](CO)[C@@H](O)[C@H]1O. The Kier molecular flexibility index (Phi) is 4.22. The van der Waals surface area contributed by atoms with Crippen molar-refractivity contribution in [3.05, 3.63) is 12.7 Å². The summed E-state index contributed by atoms with van der Waals surface area (Å²) >= 11 is 0. The van der Waals surface area contributed by atoms with Crippen LogP contribution in [0.2, 0.25) is 0 Å². The molecule has 4 atom stereocenters. The van der Waals surface area contributed by atoms with Gasteiger partial charge in [-0.2, -0.15) is 0 Å². The third-order valence-corrected chi connectivity index (χ3v) is 3.54. The van der Waals surface area contributed by atoms with Crippen LogP contribution in [0.1, 0.15) is 6.23 Å². The van der Waals surface area contributed by atoms with Gasteiger partial charge >= 0.3 is 0 Å². The lowest BCUT2D eigenvalue weighted by Crippen LogP contribution is -2.33. The van der Waals surface area contributed by atoms with Gasteiger partial charge < -0.3 is 25.0 Å². The van der Waals surface area contributed by atoms with E-state index in [0.717, 1.165) is 0 Å². The largest absolute Gasteiger partial charge is 0.394 e. The molecule has 0 saturated carbocycles. The van der Waals surface area contributed by atoms with Crippen LogP contribution in [0, 0.1) is 0 Å². The van der Waals surface area contributed by atoms with Gasteiger partial charge in [-0.25, -0.2) is 19.9 Å². The molecule has 0 aliphatic carbocycles. The fraction of sp³-hybridized carbons (Fsp3) is 0.538. The van der Waals surface area contributed by atoms with Crippen molar-refractivity contribution in [2.75, 3.05) is 20.7 Å². The fourth-order valence-electron chi connectivity index (χ4n) is 2.40. The van der Waals surface area contributed by atoms with E-state index in [2.05, 4.69) is 19.9 Å². The van der Waals surface area contributed by atoms with Crippen molar-refractivity contribution in [2.24, 2.45) is 4.99 Å². The maximum atomic E-state index is 10.1. The first-order valence-electron chi connectivity index (χ1n) is 7.03. The summed E-state index contributed by atoms with van der Waals surface area (Å²) in [7, 11) is 3.67. The summed E-state index contributed by atoms with van der Waals surface area (Å²) in [5.74, 6) is 0.384. The Hall–Kier alpha value is -2.14. The number of hydrogen-bond acceptors (Lipinski definition) is 8. The standard InChI is InChI=1S/C13H18N6O4/c1-18(2)5-17-11-8-12(15-4-14-11)19(6-16-8)13-10(22)9(21)7(3-20)23-13/h4-7,9-10,13,20-22H,3H2,1-2H3/t7-,9+,10+,13+/m0/s1. The molecule has 1 aliphatic heterocycles. The van der Waals surface area contributed by atoms with Gasteiger partial charge in [0.1, 0.15) is 24.6 Å². The van der Waals surface area contributed by atoms with E-state index in [0.29, 0.717) is 17.0 Å². The van der Waals surface area contributed by atoms with Crippen LogP contribution in [0.15, 0.2) is 17.6 Å². The van der Waals surface area contributed by atoms with Gasteiger partial charge in [0.15, 0.2) is 23.2 Å². The first-order valence-corrected chi connectivity index (χ1v) is 7.03. The van der Waals surface area contributed by atoms with Crippen molar-refractivity contribution in [1.29, 1.82) is 0 Å². The summed E-state index contributed by atoms with van der Waals surface area (Å²) in [6, 6.07) is 0. The molecule has 10 heteroatoms. The smallest absolute Gasteiger partial charge is 0.184 e. The van der Waals surface area contributed by atoms with Crippen LogP contribution in [0.4, 0.5) is 5.82 Å². The van der Waals surface area contributed by atoms with Gasteiger partial charge in [-0.05, 0) is 0 Å². The predicted octanol–water partition coefficient (Wildman–Crippen LogP) is -1.34. The number of hydrogen-bond donors (Lipinski definition) is 3. The minimum absolute atomic E-state index is 0.384. The van der Waals surface area contributed by atoms with E-state index < -0.39 is 31.1 Å². The van der Waals surface area contributed by atoms with Gasteiger partial charge in [0, 0.05) is 14.1 Å². The van der Waals surface area contributed by atoms with E-state index in [4.69, 9.17) is 4.74 Å². The van der Waals surface area contributed by atoms with Gasteiger partial charge in [0.05, 0.1) is 19.3 Å². The Bertz CT molecular complexity index is 718. The number of fused-ring (bicyclic) bond motifs is 1. The number of ether oxygens (including phenoxy) is 1. The van der Waals surface area contributed by atoms with Crippen LogP contribution in [0.25, 0.3) is 11.2 Å². The molecule has 0 amide bonds. The molecular weight excluding hydrogens is 304 g/mol. The summed E-state index contributed by atoms with van der Waals surface area (Å²) in [6.45, 7) is -0.394. The Balaban J connectivity index is 1.99. The minimum atomic E-state index is -1.20. The molecule has 3 heterocycles. The first kappa shape index (κ1) is 15.7. The molecular formula is C13H18N6O4. The topological polar surface area (TPSA) is 129 Å². The summed E-state index contributed by atoms with van der Waals surface area (Å²) in [6.07, 6.45) is 0.225. The highest BCUT2D eigenvalue weighted by atomic mass is 16.6. The minimum Gasteiger partial charge on any atom is -0.394 e. The Morgan fingerprint density at radius 2 is 2.09 bits per heavy atom. The molecule has 3 N–H and O–H groups in total. The second kappa shape index (κ2) is 6.16. The molecule has 124 valence electrons. The van der Waals surface area contributed by atoms with E-state index >= 15 is 0 Å². The van der Waals surface area contributed by atoms with E-state index in [1.165, 1.54) is 17.2 Å². The Labute approximate surface area is 131 Å². The first-order chi connectivity index (χ1) is 11.0. The average molecular weight is 322 g/mol. The number of imidazole rings is 1. The highest BCUT2D eigenvalue weighted by Crippen LogP contribution is 2.32. The summed E-state index contributed by atoms with van der Waals surface area (Å²) in [4.78, 5) is 18.4.